The minimum Gasteiger partial charge on any atom is -0.465 e. The van der Waals surface area contributed by atoms with Crippen molar-refractivity contribution in [3.05, 3.63) is 64.3 Å². The standard InChI is InChI=1S/C15H11FN2O3.C2H6/c1-21-14(19)9-5-7-10(8-6-9)18-13-11(16)3-2-4-12(13)17-15(18)20;1-2/h2-8H,1H3,(H,17,20);1-2H3. The van der Waals surface area contributed by atoms with Crippen molar-refractivity contribution in [2.75, 3.05) is 7.11 Å². The lowest BCUT2D eigenvalue weighted by Crippen LogP contribution is -2.15. The molecule has 6 heteroatoms. The van der Waals surface area contributed by atoms with Gasteiger partial charge in [0, 0.05) is 0 Å². The molecule has 0 aliphatic rings. The van der Waals surface area contributed by atoms with Crippen molar-refractivity contribution in [1.82, 2.24) is 9.55 Å². The molecular weight excluding hydrogens is 299 g/mol. The van der Waals surface area contributed by atoms with Crippen molar-refractivity contribution in [2.45, 2.75) is 13.8 Å². The summed E-state index contributed by atoms with van der Waals surface area (Å²) in [5.41, 5.74) is 0.963. The lowest BCUT2D eigenvalue weighted by Gasteiger charge is -2.05. The molecule has 5 nitrogen and oxygen atoms in total. The fourth-order valence-corrected chi connectivity index (χ4v) is 2.23. The number of halogens is 1. The summed E-state index contributed by atoms with van der Waals surface area (Å²) in [5.74, 6) is -0.970. The Labute approximate surface area is 132 Å². The van der Waals surface area contributed by atoms with Crippen LogP contribution in [0.4, 0.5) is 4.39 Å². The zero-order valence-corrected chi connectivity index (χ0v) is 13.1. The van der Waals surface area contributed by atoms with E-state index in [2.05, 4.69) is 9.72 Å². The summed E-state index contributed by atoms with van der Waals surface area (Å²) in [4.78, 5) is 26.0. The molecule has 0 bridgehead atoms. The largest absolute Gasteiger partial charge is 0.465 e. The molecule has 3 aromatic rings. The van der Waals surface area contributed by atoms with Crippen molar-refractivity contribution in [3.63, 3.8) is 0 Å². The Bertz CT molecular complexity index is 879. The van der Waals surface area contributed by atoms with E-state index in [0.717, 1.165) is 0 Å². The molecule has 0 saturated carbocycles. The molecule has 0 unspecified atom stereocenters. The van der Waals surface area contributed by atoms with E-state index in [1.165, 1.54) is 35.9 Å². The van der Waals surface area contributed by atoms with Crippen molar-refractivity contribution in [3.8, 4) is 5.69 Å². The van der Waals surface area contributed by atoms with Crippen LogP contribution in [0.15, 0.2) is 47.3 Å². The highest BCUT2D eigenvalue weighted by molar-refractivity contribution is 5.89. The number of methoxy groups -OCH3 is 1. The average Bonchev–Trinajstić information content (AvgIpc) is 2.93. The monoisotopic (exact) mass is 316 g/mol. The Morgan fingerprint density at radius 3 is 2.39 bits per heavy atom. The van der Waals surface area contributed by atoms with Crippen LogP contribution in [0, 0.1) is 5.82 Å². The van der Waals surface area contributed by atoms with Gasteiger partial charge in [-0.2, -0.15) is 0 Å². The topological polar surface area (TPSA) is 64.1 Å². The van der Waals surface area contributed by atoms with Gasteiger partial charge in [-0.05, 0) is 36.4 Å². The summed E-state index contributed by atoms with van der Waals surface area (Å²) in [6, 6.07) is 10.6. The summed E-state index contributed by atoms with van der Waals surface area (Å²) in [6.07, 6.45) is 0. The van der Waals surface area contributed by atoms with Crippen molar-refractivity contribution < 1.29 is 13.9 Å². The molecule has 1 heterocycles. The van der Waals surface area contributed by atoms with Crippen LogP contribution in [0.25, 0.3) is 16.7 Å². The molecule has 0 spiro atoms. The fourth-order valence-electron chi connectivity index (χ4n) is 2.23. The van der Waals surface area contributed by atoms with E-state index < -0.39 is 17.5 Å². The molecule has 0 aliphatic carbocycles. The molecule has 0 amide bonds. The van der Waals surface area contributed by atoms with E-state index in [1.807, 2.05) is 13.8 Å². The fraction of sp³-hybridized carbons (Fsp3) is 0.176. The average molecular weight is 316 g/mol. The maximum atomic E-state index is 14.0. The number of carbonyl (C=O) groups is 1. The number of ether oxygens (including phenoxy) is 1. The quantitative estimate of drug-likeness (QED) is 0.738. The lowest BCUT2D eigenvalue weighted by molar-refractivity contribution is 0.0601. The van der Waals surface area contributed by atoms with Crippen LogP contribution in [-0.2, 0) is 4.74 Å². The maximum Gasteiger partial charge on any atom is 0.337 e. The van der Waals surface area contributed by atoms with Gasteiger partial charge in [0.25, 0.3) is 0 Å². The van der Waals surface area contributed by atoms with Crippen LogP contribution in [-0.4, -0.2) is 22.6 Å². The van der Waals surface area contributed by atoms with Crippen LogP contribution < -0.4 is 5.69 Å². The first-order valence-electron chi connectivity index (χ1n) is 7.20. The minimum absolute atomic E-state index is 0.174. The van der Waals surface area contributed by atoms with E-state index in [-0.39, 0.29) is 5.52 Å². The molecule has 23 heavy (non-hydrogen) atoms. The first kappa shape index (κ1) is 16.5. The summed E-state index contributed by atoms with van der Waals surface area (Å²) < 4.78 is 19.8. The van der Waals surface area contributed by atoms with Gasteiger partial charge in [-0.3, -0.25) is 4.57 Å². The summed E-state index contributed by atoms with van der Waals surface area (Å²) >= 11 is 0. The second-order valence-corrected chi connectivity index (χ2v) is 4.44. The van der Waals surface area contributed by atoms with Gasteiger partial charge < -0.3 is 9.72 Å². The molecule has 0 saturated heterocycles. The zero-order valence-electron chi connectivity index (χ0n) is 13.1. The number of esters is 1. The van der Waals surface area contributed by atoms with Gasteiger partial charge in [-0.1, -0.05) is 19.9 Å². The lowest BCUT2D eigenvalue weighted by atomic mass is 10.2. The molecular formula is C17H17FN2O3. The number of aromatic nitrogens is 2. The highest BCUT2D eigenvalue weighted by atomic mass is 19.1. The SMILES string of the molecule is CC.COC(=O)c1ccc(-n2c(=O)[nH]c3cccc(F)c32)cc1. The van der Waals surface area contributed by atoms with Gasteiger partial charge in [0.2, 0.25) is 0 Å². The molecule has 0 atom stereocenters. The van der Waals surface area contributed by atoms with Crippen LogP contribution in [0.3, 0.4) is 0 Å². The predicted octanol–water partition coefficient (Wildman–Crippen LogP) is 3.27. The van der Waals surface area contributed by atoms with Crippen molar-refractivity contribution >= 4 is 17.0 Å². The Kier molecular flexibility index (Phi) is 4.95. The number of H-pyrrole nitrogens is 1. The number of nitrogens with zero attached hydrogens (tertiary/aromatic N) is 1. The van der Waals surface area contributed by atoms with Crippen LogP contribution in [0.5, 0.6) is 0 Å². The third-order valence-corrected chi connectivity index (χ3v) is 3.20. The molecule has 3 rings (SSSR count). The third kappa shape index (κ3) is 3.01. The highest BCUT2D eigenvalue weighted by Crippen LogP contribution is 2.19. The van der Waals surface area contributed by atoms with Crippen LogP contribution in [0.2, 0.25) is 0 Å². The predicted molar refractivity (Wildman–Crippen MR) is 86.5 cm³/mol. The number of para-hydroxylation sites is 1. The summed E-state index contributed by atoms with van der Waals surface area (Å²) in [7, 11) is 1.29. The Balaban J connectivity index is 0.000000924. The molecule has 120 valence electrons. The normalized spacial score (nSPS) is 10.1. The highest BCUT2D eigenvalue weighted by Gasteiger charge is 2.13. The van der Waals surface area contributed by atoms with Gasteiger partial charge in [0.05, 0.1) is 23.9 Å². The summed E-state index contributed by atoms with van der Waals surface area (Å²) in [6.45, 7) is 4.00. The zero-order chi connectivity index (χ0) is 17.0. The van der Waals surface area contributed by atoms with Crippen LogP contribution >= 0.6 is 0 Å². The second-order valence-electron chi connectivity index (χ2n) is 4.44. The number of carbonyl (C=O) groups excluding carboxylic acids is 1. The molecule has 0 aliphatic heterocycles. The Morgan fingerprint density at radius 1 is 1.13 bits per heavy atom. The smallest absolute Gasteiger partial charge is 0.337 e. The minimum atomic E-state index is -0.497. The first-order valence-corrected chi connectivity index (χ1v) is 7.20. The van der Waals surface area contributed by atoms with E-state index in [0.29, 0.717) is 16.8 Å². The first-order chi connectivity index (χ1) is 11.1. The Morgan fingerprint density at radius 2 is 1.78 bits per heavy atom. The number of nitrogens with one attached hydrogen (secondary N) is 1. The number of aromatic amines is 1. The number of benzene rings is 2. The molecule has 1 aromatic heterocycles. The molecule has 0 fully saturated rings. The number of rotatable bonds is 2. The number of hydrogen-bond acceptors (Lipinski definition) is 3. The molecule has 0 radical (unpaired) electrons. The van der Waals surface area contributed by atoms with E-state index in [9.17, 15) is 14.0 Å². The second kappa shape index (κ2) is 6.91. The van der Waals surface area contributed by atoms with Gasteiger partial charge >= 0.3 is 11.7 Å². The number of hydrogen-bond donors (Lipinski definition) is 1. The molecule has 1 N–H and O–H groups in total. The van der Waals surface area contributed by atoms with Gasteiger partial charge in [0.15, 0.2) is 0 Å². The van der Waals surface area contributed by atoms with Gasteiger partial charge in [0.1, 0.15) is 11.3 Å². The van der Waals surface area contributed by atoms with Crippen molar-refractivity contribution in [1.29, 1.82) is 0 Å². The van der Waals surface area contributed by atoms with Gasteiger partial charge in [-0.15, -0.1) is 0 Å². The number of imidazole rings is 1. The third-order valence-electron chi connectivity index (χ3n) is 3.20. The molecule has 2 aromatic carbocycles. The van der Waals surface area contributed by atoms with Crippen molar-refractivity contribution in [2.24, 2.45) is 0 Å². The Hall–Kier alpha value is -2.89. The maximum absolute atomic E-state index is 14.0. The van der Waals surface area contributed by atoms with E-state index in [1.54, 1.807) is 18.2 Å². The van der Waals surface area contributed by atoms with E-state index in [4.69, 9.17) is 0 Å². The van der Waals surface area contributed by atoms with Gasteiger partial charge in [-0.25, -0.2) is 14.0 Å². The van der Waals surface area contributed by atoms with Crippen LogP contribution in [0.1, 0.15) is 24.2 Å². The van der Waals surface area contributed by atoms with E-state index >= 15 is 0 Å². The summed E-state index contributed by atoms with van der Waals surface area (Å²) in [5, 5.41) is 0. The number of fused-ring (bicyclic) bond motifs is 1.